The first kappa shape index (κ1) is 21.6. The summed E-state index contributed by atoms with van der Waals surface area (Å²) in [6.07, 6.45) is -10.0. The van der Waals surface area contributed by atoms with E-state index in [0.717, 1.165) is 13.2 Å². The van der Waals surface area contributed by atoms with Gasteiger partial charge in [0, 0.05) is 10.1 Å². The van der Waals surface area contributed by atoms with E-state index in [1.807, 2.05) is 0 Å². The van der Waals surface area contributed by atoms with Crippen LogP contribution in [0.1, 0.15) is 21.5 Å². The number of methoxy groups -OCH3 is 1. The molecule has 2 aromatic carbocycles. The molecule has 0 aliphatic carbocycles. The summed E-state index contributed by atoms with van der Waals surface area (Å²) < 4.78 is 82.4. The van der Waals surface area contributed by atoms with Crippen molar-refractivity contribution in [2.75, 3.05) is 7.11 Å². The molecule has 1 aromatic heterocycles. The summed E-state index contributed by atoms with van der Waals surface area (Å²) in [5.41, 5.74) is -4.16. The largest absolute Gasteiger partial charge is 0.506 e. The van der Waals surface area contributed by atoms with Crippen molar-refractivity contribution in [1.82, 2.24) is 0 Å². The molecule has 0 amide bonds. The van der Waals surface area contributed by atoms with Crippen molar-refractivity contribution in [3.05, 3.63) is 62.6 Å². The fourth-order valence-electron chi connectivity index (χ4n) is 2.77. The van der Waals surface area contributed by atoms with Crippen molar-refractivity contribution in [3.8, 4) is 16.9 Å². The Morgan fingerprint density at radius 3 is 2.00 bits per heavy atom. The first-order valence-electron chi connectivity index (χ1n) is 8.01. The van der Waals surface area contributed by atoms with Gasteiger partial charge in [0.15, 0.2) is 5.56 Å². The van der Waals surface area contributed by atoms with Gasteiger partial charge in [0.05, 0.1) is 18.2 Å². The summed E-state index contributed by atoms with van der Waals surface area (Å²) >= 11 is 0.569. The summed E-state index contributed by atoms with van der Waals surface area (Å²) in [7, 11) is 0.980. The van der Waals surface area contributed by atoms with Crippen LogP contribution < -0.4 is 4.74 Å². The number of ether oxygens (including phenoxy) is 1. The zero-order chi connectivity index (χ0) is 22.4. The second kappa shape index (κ2) is 7.31. The molecule has 0 fully saturated rings. The third kappa shape index (κ3) is 3.97. The van der Waals surface area contributed by atoms with E-state index in [2.05, 4.69) is 4.74 Å². The maximum absolute atomic E-state index is 13.1. The lowest BCUT2D eigenvalue weighted by Crippen LogP contribution is -2.13. The van der Waals surface area contributed by atoms with Crippen LogP contribution in [0, 0.1) is 0 Å². The molecule has 0 atom stereocenters. The van der Waals surface area contributed by atoms with E-state index in [1.54, 1.807) is 0 Å². The Labute approximate surface area is 168 Å². The zero-order valence-electron chi connectivity index (χ0n) is 14.8. The Kier molecular flexibility index (Phi) is 5.27. The minimum atomic E-state index is -5.02. The molecule has 30 heavy (non-hydrogen) atoms. The number of benzene rings is 2. The second-order valence-electron chi connectivity index (χ2n) is 6.11. The first-order chi connectivity index (χ1) is 13.8. The molecule has 11 heteroatoms. The number of aromatic hydroxyl groups is 1. The number of fused-ring (bicyclic) bond motifs is 1. The zero-order valence-corrected chi connectivity index (χ0v) is 15.6. The molecular weight excluding hydrogens is 438 g/mol. The van der Waals surface area contributed by atoms with E-state index in [1.165, 1.54) is 12.1 Å². The van der Waals surface area contributed by atoms with Gasteiger partial charge in [-0.3, -0.25) is 4.79 Å². The molecule has 1 N–H and O–H groups in total. The summed E-state index contributed by atoms with van der Waals surface area (Å²) in [6, 6.07) is 4.65. The number of carbonyl (C=O) groups excluding carboxylic acids is 1. The number of alkyl halides is 6. The first-order valence-corrected chi connectivity index (χ1v) is 8.82. The molecule has 0 aliphatic heterocycles. The normalized spacial score (nSPS) is 12.2. The molecular formula is C19H10F6O4S. The van der Waals surface area contributed by atoms with Crippen LogP contribution in [0.2, 0.25) is 0 Å². The van der Waals surface area contributed by atoms with Crippen molar-refractivity contribution >= 4 is 27.4 Å². The molecule has 0 aliphatic rings. The minimum Gasteiger partial charge on any atom is -0.506 e. The summed E-state index contributed by atoms with van der Waals surface area (Å²) in [6.45, 7) is 0. The van der Waals surface area contributed by atoms with Crippen molar-refractivity contribution < 1.29 is 41.0 Å². The maximum atomic E-state index is 13.1. The quantitative estimate of drug-likeness (QED) is 0.418. The van der Waals surface area contributed by atoms with Gasteiger partial charge in [0.2, 0.25) is 0 Å². The van der Waals surface area contributed by atoms with Crippen LogP contribution in [0.15, 0.2) is 41.2 Å². The summed E-state index contributed by atoms with van der Waals surface area (Å²) in [5.74, 6) is -1.90. The smallest absolute Gasteiger partial charge is 0.416 e. The van der Waals surface area contributed by atoms with Gasteiger partial charge in [0.25, 0.3) is 4.74 Å². The van der Waals surface area contributed by atoms with Gasteiger partial charge in [-0.15, -0.1) is 0 Å². The molecule has 158 valence electrons. The van der Waals surface area contributed by atoms with Crippen LogP contribution in [-0.4, -0.2) is 18.2 Å². The Bertz CT molecular complexity index is 1180. The lowest BCUT2D eigenvalue weighted by molar-refractivity contribution is -0.143. The molecule has 0 saturated carbocycles. The summed E-state index contributed by atoms with van der Waals surface area (Å²) in [5, 5.41) is 10.2. The molecule has 0 spiro atoms. The van der Waals surface area contributed by atoms with Gasteiger partial charge in [-0.25, -0.2) is 4.79 Å². The van der Waals surface area contributed by atoms with Crippen molar-refractivity contribution in [1.29, 1.82) is 0 Å². The number of esters is 1. The van der Waals surface area contributed by atoms with E-state index in [0.29, 0.717) is 23.5 Å². The van der Waals surface area contributed by atoms with Crippen LogP contribution in [0.4, 0.5) is 26.3 Å². The van der Waals surface area contributed by atoms with Gasteiger partial charge in [0.1, 0.15) is 5.75 Å². The van der Waals surface area contributed by atoms with Crippen LogP contribution >= 0.6 is 11.3 Å². The van der Waals surface area contributed by atoms with Crippen molar-refractivity contribution in [3.63, 3.8) is 0 Å². The molecule has 0 radical (unpaired) electrons. The second-order valence-corrected chi connectivity index (χ2v) is 7.12. The highest BCUT2D eigenvalue weighted by Crippen LogP contribution is 2.40. The van der Waals surface area contributed by atoms with Gasteiger partial charge in [-0.2, -0.15) is 26.3 Å². The van der Waals surface area contributed by atoms with E-state index < -0.39 is 51.1 Å². The van der Waals surface area contributed by atoms with E-state index in [9.17, 15) is 41.0 Å². The number of halogens is 6. The van der Waals surface area contributed by atoms with Gasteiger partial charge in [-0.05, 0) is 41.5 Å². The fourth-order valence-corrected chi connectivity index (χ4v) is 3.65. The average Bonchev–Trinajstić information content (AvgIpc) is 2.65. The average molecular weight is 448 g/mol. The molecule has 3 rings (SSSR count). The topological polar surface area (TPSA) is 63.6 Å². The number of hydrogen-bond donors (Lipinski definition) is 1. The van der Waals surface area contributed by atoms with Gasteiger partial charge >= 0.3 is 18.3 Å². The lowest BCUT2D eigenvalue weighted by atomic mass is 9.98. The van der Waals surface area contributed by atoms with Crippen molar-refractivity contribution in [2.24, 2.45) is 0 Å². The fraction of sp³-hybridized carbons (Fsp3) is 0.158. The van der Waals surface area contributed by atoms with Crippen LogP contribution in [0.5, 0.6) is 5.75 Å². The molecule has 0 saturated heterocycles. The van der Waals surface area contributed by atoms with E-state index >= 15 is 0 Å². The third-order valence-electron chi connectivity index (χ3n) is 4.19. The Hall–Kier alpha value is -3.08. The lowest BCUT2D eigenvalue weighted by Gasteiger charge is -2.15. The minimum absolute atomic E-state index is 0.00313. The SMILES string of the molecule is COC(=O)c1c(O)c2cc(-c3cc(C(F)(F)F)cc(C(F)(F)F)c3)ccc2sc1=O. The highest BCUT2D eigenvalue weighted by atomic mass is 32.1. The van der Waals surface area contributed by atoms with Gasteiger partial charge in [-0.1, -0.05) is 17.4 Å². The molecule has 3 aromatic rings. The molecule has 1 heterocycles. The number of carbonyl (C=O) groups is 1. The van der Waals surface area contributed by atoms with E-state index in [4.69, 9.17) is 0 Å². The van der Waals surface area contributed by atoms with Crippen molar-refractivity contribution in [2.45, 2.75) is 12.4 Å². The Morgan fingerprint density at radius 2 is 1.50 bits per heavy atom. The number of hydrogen-bond acceptors (Lipinski definition) is 5. The predicted octanol–water partition coefficient (Wildman–Crippen LogP) is 5.46. The highest BCUT2D eigenvalue weighted by molar-refractivity contribution is 7.16. The maximum Gasteiger partial charge on any atom is 0.416 e. The third-order valence-corrected chi connectivity index (χ3v) is 5.15. The monoisotopic (exact) mass is 448 g/mol. The standard InChI is InChI=1S/C19H10F6O4S/c1-29-16(27)14-15(26)12-6-8(2-3-13(12)30-17(14)28)9-4-10(18(20,21)22)7-11(5-9)19(23,24)25/h2-7,26H,1H3. The Balaban J connectivity index is 2.29. The molecule has 0 unspecified atom stereocenters. The van der Waals surface area contributed by atoms with E-state index in [-0.39, 0.29) is 21.7 Å². The Morgan fingerprint density at radius 1 is 0.933 bits per heavy atom. The molecule has 4 nitrogen and oxygen atoms in total. The highest BCUT2D eigenvalue weighted by Gasteiger charge is 2.37. The van der Waals surface area contributed by atoms with Crippen LogP contribution in [0.3, 0.4) is 0 Å². The predicted molar refractivity (Wildman–Crippen MR) is 96.5 cm³/mol. The number of rotatable bonds is 2. The van der Waals surface area contributed by atoms with Gasteiger partial charge < -0.3 is 9.84 Å². The molecule has 0 bridgehead atoms. The van der Waals surface area contributed by atoms with Crippen LogP contribution in [0.25, 0.3) is 21.2 Å². The summed E-state index contributed by atoms with van der Waals surface area (Å²) in [4.78, 5) is 23.8. The van der Waals surface area contributed by atoms with Crippen LogP contribution in [-0.2, 0) is 17.1 Å².